The molecule has 2 unspecified atom stereocenters. The van der Waals surface area contributed by atoms with Gasteiger partial charge >= 0.3 is 0 Å². The summed E-state index contributed by atoms with van der Waals surface area (Å²) in [6.07, 6.45) is 5.56. The Morgan fingerprint density at radius 2 is 1.76 bits per heavy atom. The van der Waals surface area contributed by atoms with E-state index in [-0.39, 0.29) is 0 Å². The highest BCUT2D eigenvalue weighted by molar-refractivity contribution is 5.61. The monoisotopic (exact) mass is 288 g/mol. The van der Waals surface area contributed by atoms with Crippen LogP contribution < -0.4 is 10.2 Å². The first kappa shape index (κ1) is 14.7. The summed E-state index contributed by atoms with van der Waals surface area (Å²) in [5.74, 6) is 0. The molecule has 2 aliphatic heterocycles. The molecule has 2 aliphatic rings. The van der Waals surface area contributed by atoms with E-state index < -0.39 is 0 Å². The lowest BCUT2D eigenvalue weighted by molar-refractivity contribution is -0.0337. The van der Waals surface area contributed by atoms with Gasteiger partial charge < -0.3 is 15.0 Å². The average molecular weight is 288 g/mol. The zero-order chi connectivity index (χ0) is 14.8. The van der Waals surface area contributed by atoms with Crippen molar-refractivity contribution in [1.82, 2.24) is 0 Å². The summed E-state index contributed by atoms with van der Waals surface area (Å²) in [7, 11) is 0. The molecule has 3 nitrogen and oxygen atoms in total. The maximum Gasteiger partial charge on any atom is 0.0570 e. The SMILES string of the molecule is Cc1cc(N2CCCC2)ccc1NC1CC(C)OC(C)C1. The number of hydrogen-bond donors (Lipinski definition) is 1. The number of ether oxygens (including phenoxy) is 1. The molecule has 1 aromatic rings. The number of benzene rings is 1. The van der Waals surface area contributed by atoms with Gasteiger partial charge in [-0.1, -0.05) is 0 Å². The summed E-state index contributed by atoms with van der Waals surface area (Å²) < 4.78 is 5.82. The third kappa shape index (κ3) is 3.52. The van der Waals surface area contributed by atoms with Crippen LogP contribution in [-0.2, 0) is 4.74 Å². The summed E-state index contributed by atoms with van der Waals surface area (Å²) in [4.78, 5) is 2.50. The number of aryl methyl sites for hydroxylation is 1. The quantitative estimate of drug-likeness (QED) is 0.911. The Morgan fingerprint density at radius 3 is 2.38 bits per heavy atom. The minimum absolute atomic E-state index is 0.357. The molecule has 2 saturated heterocycles. The molecule has 0 saturated carbocycles. The zero-order valence-electron chi connectivity index (χ0n) is 13.6. The van der Waals surface area contributed by atoms with Gasteiger partial charge in [0, 0.05) is 30.5 Å². The Hall–Kier alpha value is -1.22. The molecule has 0 radical (unpaired) electrons. The Labute approximate surface area is 128 Å². The van der Waals surface area contributed by atoms with Crippen molar-refractivity contribution in [3.63, 3.8) is 0 Å². The average Bonchev–Trinajstić information content (AvgIpc) is 2.94. The summed E-state index contributed by atoms with van der Waals surface area (Å²) >= 11 is 0. The summed E-state index contributed by atoms with van der Waals surface area (Å²) in [6.45, 7) is 8.98. The maximum atomic E-state index is 5.82. The number of nitrogens with one attached hydrogen (secondary N) is 1. The second-order valence-corrected chi connectivity index (χ2v) is 6.76. The van der Waals surface area contributed by atoms with E-state index in [9.17, 15) is 0 Å². The van der Waals surface area contributed by atoms with Crippen LogP contribution in [0.5, 0.6) is 0 Å². The largest absolute Gasteiger partial charge is 0.382 e. The molecule has 0 bridgehead atoms. The van der Waals surface area contributed by atoms with Crippen LogP contribution in [0.1, 0.15) is 45.1 Å². The van der Waals surface area contributed by atoms with Gasteiger partial charge in [-0.25, -0.2) is 0 Å². The molecule has 0 aliphatic carbocycles. The molecule has 1 N–H and O–H groups in total. The maximum absolute atomic E-state index is 5.82. The van der Waals surface area contributed by atoms with Crippen molar-refractivity contribution >= 4 is 11.4 Å². The molecule has 116 valence electrons. The van der Waals surface area contributed by atoms with E-state index >= 15 is 0 Å². The smallest absolute Gasteiger partial charge is 0.0570 e. The van der Waals surface area contributed by atoms with Gasteiger partial charge in [-0.15, -0.1) is 0 Å². The van der Waals surface area contributed by atoms with E-state index in [1.54, 1.807) is 0 Å². The lowest BCUT2D eigenvalue weighted by Gasteiger charge is -2.33. The lowest BCUT2D eigenvalue weighted by Crippen LogP contribution is -2.37. The van der Waals surface area contributed by atoms with E-state index in [4.69, 9.17) is 4.74 Å². The zero-order valence-corrected chi connectivity index (χ0v) is 13.6. The van der Waals surface area contributed by atoms with Crippen LogP contribution in [0.15, 0.2) is 18.2 Å². The Bertz CT molecular complexity index is 472. The minimum Gasteiger partial charge on any atom is -0.382 e. The van der Waals surface area contributed by atoms with Gasteiger partial charge in [-0.05, 0) is 70.2 Å². The molecular weight excluding hydrogens is 260 g/mol. The molecule has 1 aromatic carbocycles. The van der Waals surface area contributed by atoms with Gasteiger partial charge in [0.1, 0.15) is 0 Å². The molecule has 0 spiro atoms. The predicted molar refractivity (Wildman–Crippen MR) is 89.3 cm³/mol. The van der Waals surface area contributed by atoms with Crippen LogP contribution in [0.3, 0.4) is 0 Å². The van der Waals surface area contributed by atoms with Crippen LogP contribution in [0.25, 0.3) is 0 Å². The van der Waals surface area contributed by atoms with E-state index in [1.165, 1.54) is 42.9 Å². The van der Waals surface area contributed by atoms with E-state index in [1.807, 2.05) is 0 Å². The molecule has 2 atom stereocenters. The number of nitrogens with zero attached hydrogens (tertiary/aromatic N) is 1. The molecule has 3 heteroatoms. The van der Waals surface area contributed by atoms with E-state index in [0.717, 1.165) is 12.8 Å². The highest BCUT2D eigenvalue weighted by Gasteiger charge is 2.24. The van der Waals surface area contributed by atoms with Crippen molar-refractivity contribution in [2.24, 2.45) is 0 Å². The highest BCUT2D eigenvalue weighted by atomic mass is 16.5. The first-order valence-electron chi connectivity index (χ1n) is 8.39. The fourth-order valence-electron chi connectivity index (χ4n) is 3.72. The molecule has 2 heterocycles. The van der Waals surface area contributed by atoms with Gasteiger partial charge in [-0.3, -0.25) is 0 Å². The predicted octanol–water partition coefficient (Wildman–Crippen LogP) is 3.96. The van der Waals surface area contributed by atoms with Gasteiger partial charge in [-0.2, -0.15) is 0 Å². The summed E-state index contributed by atoms with van der Waals surface area (Å²) in [5, 5.41) is 3.73. The van der Waals surface area contributed by atoms with E-state index in [2.05, 4.69) is 49.2 Å². The number of anilines is 2. The standard InChI is InChI=1S/C18H28N2O/c1-13-10-17(20-8-4-5-9-20)6-7-18(13)19-16-11-14(2)21-15(3)12-16/h6-7,10,14-16,19H,4-5,8-9,11-12H2,1-3H3. The van der Waals surface area contributed by atoms with Crippen molar-refractivity contribution < 1.29 is 4.74 Å². The van der Waals surface area contributed by atoms with Gasteiger partial charge in [0.25, 0.3) is 0 Å². The lowest BCUT2D eigenvalue weighted by atomic mass is 9.99. The summed E-state index contributed by atoms with van der Waals surface area (Å²) in [5.41, 5.74) is 4.01. The van der Waals surface area contributed by atoms with Crippen molar-refractivity contribution in [3.05, 3.63) is 23.8 Å². The van der Waals surface area contributed by atoms with Crippen LogP contribution in [0.4, 0.5) is 11.4 Å². The molecule has 3 rings (SSSR count). The van der Waals surface area contributed by atoms with Crippen molar-refractivity contribution in [2.45, 2.75) is 64.7 Å². The van der Waals surface area contributed by atoms with Gasteiger partial charge in [0.05, 0.1) is 12.2 Å². The van der Waals surface area contributed by atoms with Crippen LogP contribution >= 0.6 is 0 Å². The Kier molecular flexibility index (Phi) is 4.39. The Balaban J connectivity index is 1.68. The molecule has 0 aromatic heterocycles. The first-order chi connectivity index (χ1) is 10.1. The molecule has 2 fully saturated rings. The normalized spacial score (nSPS) is 29.7. The third-order valence-electron chi connectivity index (χ3n) is 4.74. The van der Waals surface area contributed by atoms with Crippen molar-refractivity contribution in [1.29, 1.82) is 0 Å². The van der Waals surface area contributed by atoms with Gasteiger partial charge in [0.2, 0.25) is 0 Å². The van der Waals surface area contributed by atoms with Crippen molar-refractivity contribution in [2.75, 3.05) is 23.3 Å². The summed E-state index contributed by atoms with van der Waals surface area (Å²) in [6, 6.07) is 7.39. The van der Waals surface area contributed by atoms with Crippen LogP contribution in [0.2, 0.25) is 0 Å². The highest BCUT2D eigenvalue weighted by Crippen LogP contribution is 2.28. The van der Waals surface area contributed by atoms with Gasteiger partial charge in [0.15, 0.2) is 0 Å². The fraction of sp³-hybridized carbons (Fsp3) is 0.667. The first-order valence-corrected chi connectivity index (χ1v) is 8.39. The second kappa shape index (κ2) is 6.27. The molecule has 0 amide bonds. The number of rotatable bonds is 3. The molecular formula is C18H28N2O. The Morgan fingerprint density at radius 1 is 1.10 bits per heavy atom. The third-order valence-corrected chi connectivity index (χ3v) is 4.74. The van der Waals surface area contributed by atoms with Crippen molar-refractivity contribution in [3.8, 4) is 0 Å². The molecule has 21 heavy (non-hydrogen) atoms. The van der Waals surface area contributed by atoms with Crippen LogP contribution in [-0.4, -0.2) is 31.3 Å². The van der Waals surface area contributed by atoms with E-state index in [0.29, 0.717) is 18.2 Å². The topological polar surface area (TPSA) is 24.5 Å². The minimum atomic E-state index is 0.357. The second-order valence-electron chi connectivity index (χ2n) is 6.76. The van der Waals surface area contributed by atoms with Crippen LogP contribution in [0, 0.1) is 6.92 Å². The fourth-order valence-corrected chi connectivity index (χ4v) is 3.72. The number of hydrogen-bond acceptors (Lipinski definition) is 3.